The number of rotatable bonds is 3. The maximum atomic E-state index is 13.0. The standard InChI is InChI=1S/C18H15FIN3O2S/c1-23-16(24)10-15(17(25)21-13-6-2-11(19)3-7-13)26-18(23)22-14-8-4-12(20)5-9-14/h2-9,15H,10H2,1H3,(H,21,25). The third-order valence-electron chi connectivity index (χ3n) is 3.72. The Morgan fingerprint density at radius 3 is 2.54 bits per heavy atom. The zero-order chi connectivity index (χ0) is 18.7. The van der Waals surface area contributed by atoms with Crippen molar-refractivity contribution in [3.05, 3.63) is 57.9 Å². The second-order valence-electron chi connectivity index (χ2n) is 5.63. The van der Waals surface area contributed by atoms with Crippen molar-refractivity contribution in [3.8, 4) is 0 Å². The van der Waals surface area contributed by atoms with Gasteiger partial charge in [-0.05, 0) is 71.1 Å². The Morgan fingerprint density at radius 2 is 1.88 bits per heavy atom. The van der Waals surface area contributed by atoms with Crippen LogP contribution in [0, 0.1) is 9.39 Å². The van der Waals surface area contributed by atoms with Crippen molar-refractivity contribution in [1.82, 2.24) is 4.90 Å². The van der Waals surface area contributed by atoms with Gasteiger partial charge in [-0.1, -0.05) is 11.8 Å². The van der Waals surface area contributed by atoms with Gasteiger partial charge in [0, 0.05) is 22.7 Å². The van der Waals surface area contributed by atoms with Crippen molar-refractivity contribution in [1.29, 1.82) is 0 Å². The van der Waals surface area contributed by atoms with E-state index >= 15 is 0 Å². The molecule has 1 saturated heterocycles. The summed E-state index contributed by atoms with van der Waals surface area (Å²) in [4.78, 5) is 30.7. The van der Waals surface area contributed by atoms with E-state index in [0.717, 1.165) is 3.57 Å². The second kappa shape index (κ2) is 8.17. The van der Waals surface area contributed by atoms with Gasteiger partial charge in [0.25, 0.3) is 0 Å². The van der Waals surface area contributed by atoms with Crippen molar-refractivity contribution in [2.75, 3.05) is 12.4 Å². The number of nitrogens with zero attached hydrogens (tertiary/aromatic N) is 2. The summed E-state index contributed by atoms with van der Waals surface area (Å²) in [5.41, 5.74) is 1.20. The van der Waals surface area contributed by atoms with Gasteiger partial charge in [0.1, 0.15) is 11.1 Å². The Balaban J connectivity index is 1.76. The summed E-state index contributed by atoms with van der Waals surface area (Å²) < 4.78 is 14.1. The molecule has 0 aromatic heterocycles. The summed E-state index contributed by atoms with van der Waals surface area (Å²) in [7, 11) is 1.65. The number of benzene rings is 2. The van der Waals surface area contributed by atoms with Gasteiger partial charge in [-0.3, -0.25) is 14.5 Å². The predicted molar refractivity (Wildman–Crippen MR) is 110 cm³/mol. The van der Waals surface area contributed by atoms with Crippen LogP contribution in [0.4, 0.5) is 15.8 Å². The molecule has 5 nitrogen and oxygen atoms in total. The van der Waals surface area contributed by atoms with Gasteiger partial charge < -0.3 is 5.32 Å². The highest BCUT2D eigenvalue weighted by Crippen LogP contribution is 2.29. The molecule has 3 rings (SSSR count). The van der Waals surface area contributed by atoms with E-state index in [2.05, 4.69) is 32.9 Å². The monoisotopic (exact) mass is 483 g/mol. The number of aliphatic imine (C=N–C) groups is 1. The fourth-order valence-corrected chi connectivity index (χ4v) is 3.70. The summed E-state index contributed by atoms with van der Waals surface area (Å²) >= 11 is 3.44. The van der Waals surface area contributed by atoms with Crippen LogP contribution in [0.5, 0.6) is 0 Å². The van der Waals surface area contributed by atoms with Crippen LogP contribution in [0.1, 0.15) is 6.42 Å². The number of halogens is 2. The van der Waals surface area contributed by atoms with Crippen molar-refractivity contribution in [2.24, 2.45) is 4.99 Å². The molecule has 8 heteroatoms. The topological polar surface area (TPSA) is 61.8 Å². The van der Waals surface area contributed by atoms with Crippen LogP contribution < -0.4 is 5.32 Å². The Labute approximate surface area is 168 Å². The molecule has 1 aliphatic heterocycles. The molecule has 2 aromatic carbocycles. The lowest BCUT2D eigenvalue weighted by Gasteiger charge is -2.28. The quantitative estimate of drug-likeness (QED) is 0.672. The van der Waals surface area contributed by atoms with Gasteiger partial charge >= 0.3 is 0 Å². The zero-order valence-electron chi connectivity index (χ0n) is 13.8. The average molecular weight is 483 g/mol. The number of amidine groups is 1. The first-order chi connectivity index (χ1) is 12.4. The first-order valence-corrected chi connectivity index (χ1v) is 9.72. The molecule has 134 valence electrons. The molecule has 2 aromatic rings. The highest BCUT2D eigenvalue weighted by molar-refractivity contribution is 14.1. The SMILES string of the molecule is CN1C(=O)CC(C(=O)Nc2ccc(F)cc2)SC1=Nc1ccc(I)cc1. The molecule has 1 unspecified atom stereocenters. The van der Waals surface area contributed by atoms with E-state index in [0.29, 0.717) is 16.5 Å². The lowest BCUT2D eigenvalue weighted by molar-refractivity contribution is -0.128. The molecule has 1 heterocycles. The summed E-state index contributed by atoms with van der Waals surface area (Å²) in [6, 6.07) is 13.1. The summed E-state index contributed by atoms with van der Waals surface area (Å²) in [6.07, 6.45) is 0.0832. The molecule has 1 atom stereocenters. The predicted octanol–water partition coefficient (Wildman–Crippen LogP) is 4.02. The lowest BCUT2D eigenvalue weighted by Crippen LogP contribution is -2.43. The van der Waals surface area contributed by atoms with E-state index in [1.165, 1.54) is 40.9 Å². The number of hydrogen-bond donors (Lipinski definition) is 1. The lowest BCUT2D eigenvalue weighted by atomic mass is 10.2. The van der Waals surface area contributed by atoms with Crippen LogP contribution in [0.25, 0.3) is 0 Å². The number of anilines is 1. The molecule has 1 N–H and O–H groups in total. The molecular weight excluding hydrogens is 468 g/mol. The Bertz CT molecular complexity index is 856. The highest BCUT2D eigenvalue weighted by Gasteiger charge is 2.34. The molecule has 1 aliphatic rings. The summed E-state index contributed by atoms with van der Waals surface area (Å²) in [5.74, 6) is -0.857. The first kappa shape index (κ1) is 18.8. The molecule has 2 amide bonds. The summed E-state index contributed by atoms with van der Waals surface area (Å²) in [5, 5.41) is 2.60. The number of hydrogen-bond acceptors (Lipinski definition) is 4. The van der Waals surface area contributed by atoms with Crippen molar-refractivity contribution >= 4 is 62.7 Å². The third-order valence-corrected chi connectivity index (χ3v) is 5.68. The van der Waals surface area contributed by atoms with E-state index in [9.17, 15) is 14.0 Å². The maximum absolute atomic E-state index is 13.0. The minimum atomic E-state index is -0.591. The maximum Gasteiger partial charge on any atom is 0.238 e. The van der Waals surface area contributed by atoms with E-state index in [1.807, 2.05) is 24.3 Å². The molecule has 1 fully saturated rings. The molecule has 0 saturated carbocycles. The highest BCUT2D eigenvalue weighted by atomic mass is 127. The second-order valence-corrected chi connectivity index (χ2v) is 8.05. The van der Waals surface area contributed by atoms with Gasteiger partial charge in [-0.2, -0.15) is 0 Å². The number of carbonyl (C=O) groups excluding carboxylic acids is 2. The summed E-state index contributed by atoms with van der Waals surface area (Å²) in [6.45, 7) is 0. The molecule has 0 bridgehead atoms. The van der Waals surface area contributed by atoms with Crippen LogP contribution in [0.3, 0.4) is 0 Å². The molecule has 26 heavy (non-hydrogen) atoms. The third kappa shape index (κ3) is 4.61. The largest absolute Gasteiger partial charge is 0.325 e. The number of amides is 2. The Hall–Kier alpha value is -1.94. The Morgan fingerprint density at radius 1 is 1.23 bits per heavy atom. The van der Waals surface area contributed by atoms with Crippen LogP contribution in [-0.4, -0.2) is 34.2 Å². The van der Waals surface area contributed by atoms with Crippen molar-refractivity contribution < 1.29 is 14.0 Å². The molecular formula is C18H15FIN3O2S. The fraction of sp³-hybridized carbons (Fsp3) is 0.167. The molecule has 0 radical (unpaired) electrons. The van der Waals surface area contributed by atoms with Crippen molar-refractivity contribution in [3.63, 3.8) is 0 Å². The minimum Gasteiger partial charge on any atom is -0.325 e. The minimum absolute atomic E-state index is 0.0832. The van der Waals surface area contributed by atoms with Crippen LogP contribution >= 0.6 is 34.4 Å². The smallest absolute Gasteiger partial charge is 0.238 e. The van der Waals surface area contributed by atoms with Gasteiger partial charge in [0.2, 0.25) is 11.8 Å². The van der Waals surface area contributed by atoms with E-state index < -0.39 is 5.25 Å². The van der Waals surface area contributed by atoms with Crippen molar-refractivity contribution in [2.45, 2.75) is 11.7 Å². The van der Waals surface area contributed by atoms with Gasteiger partial charge in [-0.15, -0.1) is 0 Å². The Kier molecular flexibility index (Phi) is 5.92. The molecule has 0 spiro atoms. The average Bonchev–Trinajstić information content (AvgIpc) is 2.62. The van der Waals surface area contributed by atoms with Crippen LogP contribution in [0.15, 0.2) is 53.5 Å². The van der Waals surface area contributed by atoms with E-state index in [4.69, 9.17) is 0 Å². The first-order valence-electron chi connectivity index (χ1n) is 7.76. The number of nitrogens with one attached hydrogen (secondary N) is 1. The van der Waals surface area contributed by atoms with Gasteiger partial charge in [0.05, 0.1) is 5.69 Å². The normalized spacial score (nSPS) is 18.9. The van der Waals surface area contributed by atoms with Gasteiger partial charge in [-0.25, -0.2) is 9.38 Å². The van der Waals surface area contributed by atoms with E-state index in [-0.39, 0.29) is 24.1 Å². The fourth-order valence-electron chi connectivity index (χ4n) is 2.28. The van der Waals surface area contributed by atoms with E-state index in [1.54, 1.807) is 7.05 Å². The van der Waals surface area contributed by atoms with Gasteiger partial charge in [0.15, 0.2) is 5.17 Å². The van der Waals surface area contributed by atoms with Crippen LogP contribution in [-0.2, 0) is 9.59 Å². The zero-order valence-corrected chi connectivity index (χ0v) is 16.8. The molecule has 0 aliphatic carbocycles. The number of thioether (sulfide) groups is 1. The number of carbonyl (C=O) groups is 2. The van der Waals surface area contributed by atoms with Crippen LogP contribution in [0.2, 0.25) is 0 Å².